The Morgan fingerprint density at radius 3 is 2.81 bits per heavy atom. The quantitative estimate of drug-likeness (QED) is 0.739. The molecule has 4 heteroatoms. The summed E-state index contributed by atoms with van der Waals surface area (Å²) >= 11 is 0. The smallest absolute Gasteiger partial charge is 0.376 e. The van der Waals surface area contributed by atoms with Crippen molar-refractivity contribution in [3.05, 3.63) is 17.3 Å². The third kappa shape index (κ3) is 2.10. The molecule has 0 unspecified atom stereocenters. The van der Waals surface area contributed by atoms with Crippen molar-refractivity contribution >= 4 is 5.97 Å². The Kier molecular flexibility index (Phi) is 3.27. The summed E-state index contributed by atoms with van der Waals surface area (Å²) in [7, 11) is 0. The number of esters is 1. The van der Waals surface area contributed by atoms with Crippen molar-refractivity contribution in [2.24, 2.45) is 0 Å². The van der Waals surface area contributed by atoms with E-state index in [1.165, 1.54) is 12.8 Å². The molecule has 1 aliphatic carbocycles. The maximum atomic E-state index is 11.5. The van der Waals surface area contributed by atoms with Crippen molar-refractivity contribution in [1.29, 1.82) is 0 Å². The Morgan fingerprint density at radius 2 is 2.19 bits per heavy atom. The molecule has 1 aromatic rings. The Labute approximate surface area is 95.0 Å². The molecule has 0 atom stereocenters. The first-order valence-electron chi connectivity index (χ1n) is 5.86. The second-order valence-corrected chi connectivity index (χ2v) is 4.17. The van der Waals surface area contributed by atoms with E-state index in [9.17, 15) is 4.79 Å². The molecule has 0 spiro atoms. The Morgan fingerprint density at radius 1 is 1.50 bits per heavy atom. The summed E-state index contributed by atoms with van der Waals surface area (Å²) in [5.41, 5.74) is 0.639. The summed E-state index contributed by atoms with van der Waals surface area (Å²) in [6.07, 6.45) is 4.67. The third-order valence-corrected chi connectivity index (χ3v) is 2.98. The molecule has 1 aliphatic rings. The first-order chi connectivity index (χ1) is 7.72. The molecule has 0 radical (unpaired) electrons. The van der Waals surface area contributed by atoms with E-state index in [0.29, 0.717) is 24.1 Å². The van der Waals surface area contributed by atoms with E-state index < -0.39 is 5.97 Å². The molecular weight excluding hydrogens is 206 g/mol. The second kappa shape index (κ2) is 4.68. The topological polar surface area (TPSA) is 52.3 Å². The zero-order valence-corrected chi connectivity index (χ0v) is 9.78. The molecule has 1 fully saturated rings. The predicted octanol–water partition coefficient (Wildman–Crippen LogP) is 2.82. The SMILES string of the molecule is CCOC(=O)c1oc(C2CCCC2)nc1C. The lowest BCUT2D eigenvalue weighted by atomic mass is 10.1. The van der Waals surface area contributed by atoms with Crippen molar-refractivity contribution in [2.75, 3.05) is 6.61 Å². The van der Waals surface area contributed by atoms with Crippen LogP contribution < -0.4 is 0 Å². The number of hydrogen-bond donors (Lipinski definition) is 0. The van der Waals surface area contributed by atoms with Crippen LogP contribution in [0.4, 0.5) is 0 Å². The van der Waals surface area contributed by atoms with E-state index in [0.717, 1.165) is 12.8 Å². The summed E-state index contributed by atoms with van der Waals surface area (Å²) in [5.74, 6) is 0.959. The number of oxazole rings is 1. The minimum Gasteiger partial charge on any atom is -0.460 e. The molecule has 88 valence electrons. The highest BCUT2D eigenvalue weighted by Gasteiger charge is 2.25. The molecule has 16 heavy (non-hydrogen) atoms. The predicted molar refractivity (Wildman–Crippen MR) is 58.4 cm³/mol. The molecule has 0 bridgehead atoms. The molecule has 1 aromatic heterocycles. The maximum Gasteiger partial charge on any atom is 0.376 e. The normalized spacial score (nSPS) is 16.6. The Hall–Kier alpha value is -1.32. The van der Waals surface area contributed by atoms with Gasteiger partial charge in [-0.3, -0.25) is 0 Å². The standard InChI is InChI=1S/C12H17NO3/c1-3-15-12(14)10-8(2)13-11(16-10)9-6-4-5-7-9/h9H,3-7H2,1-2H3. The largest absolute Gasteiger partial charge is 0.460 e. The first kappa shape index (κ1) is 11.2. The fourth-order valence-corrected chi connectivity index (χ4v) is 2.15. The molecule has 1 heterocycles. The number of carbonyl (C=O) groups is 1. The fourth-order valence-electron chi connectivity index (χ4n) is 2.15. The third-order valence-electron chi connectivity index (χ3n) is 2.98. The zero-order valence-electron chi connectivity index (χ0n) is 9.78. The second-order valence-electron chi connectivity index (χ2n) is 4.17. The zero-order chi connectivity index (χ0) is 11.5. The van der Waals surface area contributed by atoms with Crippen LogP contribution in [0.3, 0.4) is 0 Å². The molecular formula is C12H17NO3. The van der Waals surface area contributed by atoms with E-state index in [1.807, 2.05) is 0 Å². The lowest BCUT2D eigenvalue weighted by Gasteiger charge is -2.01. The van der Waals surface area contributed by atoms with Crippen LogP contribution in [-0.4, -0.2) is 17.6 Å². The van der Waals surface area contributed by atoms with Gasteiger partial charge in [0.2, 0.25) is 5.76 Å². The molecule has 0 saturated heterocycles. The summed E-state index contributed by atoms with van der Waals surface area (Å²) in [5, 5.41) is 0. The molecule has 4 nitrogen and oxygen atoms in total. The van der Waals surface area contributed by atoms with Crippen LogP contribution in [-0.2, 0) is 4.74 Å². The van der Waals surface area contributed by atoms with E-state index in [2.05, 4.69) is 4.98 Å². The van der Waals surface area contributed by atoms with Gasteiger partial charge in [0.1, 0.15) is 0 Å². The van der Waals surface area contributed by atoms with Crippen LogP contribution in [0.25, 0.3) is 0 Å². The van der Waals surface area contributed by atoms with Gasteiger partial charge in [0, 0.05) is 5.92 Å². The van der Waals surface area contributed by atoms with Gasteiger partial charge >= 0.3 is 5.97 Å². The van der Waals surface area contributed by atoms with Crippen LogP contribution in [0.1, 0.15) is 60.7 Å². The highest BCUT2D eigenvalue weighted by molar-refractivity contribution is 5.87. The van der Waals surface area contributed by atoms with Crippen molar-refractivity contribution < 1.29 is 13.9 Å². The van der Waals surface area contributed by atoms with Gasteiger partial charge in [-0.2, -0.15) is 0 Å². The van der Waals surface area contributed by atoms with Crippen LogP contribution in [0, 0.1) is 6.92 Å². The van der Waals surface area contributed by atoms with Crippen LogP contribution in [0.5, 0.6) is 0 Å². The number of hydrogen-bond acceptors (Lipinski definition) is 4. The monoisotopic (exact) mass is 223 g/mol. The molecule has 0 aliphatic heterocycles. The molecule has 2 rings (SSSR count). The summed E-state index contributed by atoms with van der Waals surface area (Å²) in [4.78, 5) is 15.9. The van der Waals surface area contributed by atoms with Gasteiger partial charge in [-0.05, 0) is 26.7 Å². The van der Waals surface area contributed by atoms with E-state index in [-0.39, 0.29) is 5.76 Å². The number of ether oxygens (including phenoxy) is 1. The first-order valence-corrected chi connectivity index (χ1v) is 5.86. The Bertz CT molecular complexity index is 378. The summed E-state index contributed by atoms with van der Waals surface area (Å²) in [6.45, 7) is 3.92. The average molecular weight is 223 g/mol. The lowest BCUT2D eigenvalue weighted by Crippen LogP contribution is -2.04. The number of nitrogens with zero attached hydrogens (tertiary/aromatic N) is 1. The number of aromatic nitrogens is 1. The highest BCUT2D eigenvalue weighted by atomic mass is 16.5. The summed E-state index contributed by atoms with van der Waals surface area (Å²) in [6, 6.07) is 0. The Balaban J connectivity index is 2.17. The van der Waals surface area contributed by atoms with Crippen molar-refractivity contribution in [2.45, 2.75) is 45.4 Å². The molecule has 0 aromatic carbocycles. The number of aryl methyl sites for hydroxylation is 1. The molecule has 0 N–H and O–H groups in total. The van der Waals surface area contributed by atoms with Crippen molar-refractivity contribution in [1.82, 2.24) is 4.98 Å². The van der Waals surface area contributed by atoms with E-state index in [4.69, 9.17) is 9.15 Å². The van der Waals surface area contributed by atoms with E-state index >= 15 is 0 Å². The van der Waals surface area contributed by atoms with Crippen molar-refractivity contribution in [3.8, 4) is 0 Å². The highest BCUT2D eigenvalue weighted by Crippen LogP contribution is 2.34. The summed E-state index contributed by atoms with van der Waals surface area (Å²) < 4.78 is 10.4. The van der Waals surface area contributed by atoms with Gasteiger partial charge < -0.3 is 9.15 Å². The number of rotatable bonds is 3. The van der Waals surface area contributed by atoms with Gasteiger partial charge in [-0.1, -0.05) is 12.8 Å². The van der Waals surface area contributed by atoms with Gasteiger partial charge in [0.25, 0.3) is 0 Å². The molecule has 0 amide bonds. The van der Waals surface area contributed by atoms with Crippen LogP contribution in [0.15, 0.2) is 4.42 Å². The lowest BCUT2D eigenvalue weighted by molar-refractivity contribution is 0.0486. The van der Waals surface area contributed by atoms with Gasteiger partial charge in [-0.25, -0.2) is 9.78 Å². The van der Waals surface area contributed by atoms with Crippen LogP contribution in [0.2, 0.25) is 0 Å². The van der Waals surface area contributed by atoms with Gasteiger partial charge in [-0.15, -0.1) is 0 Å². The minimum absolute atomic E-state index is 0.267. The van der Waals surface area contributed by atoms with E-state index in [1.54, 1.807) is 13.8 Å². The maximum absolute atomic E-state index is 11.5. The number of carbonyl (C=O) groups excluding carboxylic acids is 1. The minimum atomic E-state index is -0.406. The average Bonchev–Trinajstić information content (AvgIpc) is 2.86. The van der Waals surface area contributed by atoms with Crippen molar-refractivity contribution in [3.63, 3.8) is 0 Å². The van der Waals surface area contributed by atoms with Gasteiger partial charge in [0.05, 0.1) is 12.3 Å². The van der Waals surface area contributed by atoms with Gasteiger partial charge in [0.15, 0.2) is 5.89 Å². The van der Waals surface area contributed by atoms with Crippen LogP contribution >= 0.6 is 0 Å². The molecule has 1 saturated carbocycles. The fraction of sp³-hybridized carbons (Fsp3) is 0.667.